The maximum absolute atomic E-state index is 10.7. The van der Waals surface area contributed by atoms with Crippen molar-refractivity contribution in [3.63, 3.8) is 0 Å². The zero-order valence-corrected chi connectivity index (χ0v) is 19.7. The van der Waals surface area contributed by atoms with Gasteiger partial charge >= 0.3 is 5.51 Å². The first-order valence-corrected chi connectivity index (χ1v) is 12.2. The number of fused-ring (bicyclic) bond motifs is 1. The van der Waals surface area contributed by atoms with Gasteiger partial charge < -0.3 is 23.5 Å². The maximum Gasteiger partial charge on any atom is 0.485 e. The molecule has 4 rings (SSSR count). The molecule has 0 spiro atoms. The summed E-state index contributed by atoms with van der Waals surface area (Å²) >= 11 is 1.68. The van der Waals surface area contributed by atoms with E-state index in [1.165, 1.54) is 0 Å². The minimum Gasteiger partial charge on any atom is -0.741 e. The summed E-state index contributed by atoms with van der Waals surface area (Å²) in [5, 5.41) is 3.20. The fraction of sp³-hybridized carbons (Fsp3) is 0.550. The molecule has 3 heterocycles. The zero-order chi connectivity index (χ0) is 24.4. The van der Waals surface area contributed by atoms with Crippen molar-refractivity contribution in [1.29, 1.82) is 0 Å². The first-order chi connectivity index (χ1) is 15.3. The number of benzene rings is 1. The van der Waals surface area contributed by atoms with Crippen molar-refractivity contribution in [2.45, 2.75) is 56.2 Å². The van der Waals surface area contributed by atoms with Gasteiger partial charge in [0, 0.05) is 0 Å². The predicted molar refractivity (Wildman–Crippen MR) is 109 cm³/mol. The molecule has 4 atom stereocenters. The summed E-state index contributed by atoms with van der Waals surface area (Å²) in [6.07, 6.45) is 1.56. The highest BCUT2D eigenvalue weighted by Crippen LogP contribution is 2.45. The van der Waals surface area contributed by atoms with Crippen molar-refractivity contribution in [1.82, 2.24) is 0 Å². The smallest absolute Gasteiger partial charge is 0.485 e. The van der Waals surface area contributed by atoms with E-state index in [4.69, 9.17) is 31.9 Å². The lowest BCUT2D eigenvalue weighted by molar-refractivity contribution is -0.678. The van der Waals surface area contributed by atoms with E-state index in [0.29, 0.717) is 13.2 Å². The number of thiazole rings is 1. The van der Waals surface area contributed by atoms with Gasteiger partial charge in [-0.1, -0.05) is 41.7 Å². The summed E-state index contributed by atoms with van der Waals surface area (Å²) < 4.78 is 85.5. The summed E-state index contributed by atoms with van der Waals surface area (Å²) in [4.78, 5) is 0. The molecule has 2 aliphatic rings. The highest BCUT2D eigenvalue weighted by molar-refractivity contribution is 7.86. The van der Waals surface area contributed by atoms with Crippen LogP contribution in [0.1, 0.15) is 30.5 Å². The van der Waals surface area contributed by atoms with Crippen LogP contribution in [0.25, 0.3) is 0 Å². The number of aromatic nitrogens is 1. The number of hydrogen-bond acceptors (Lipinski definition) is 8. The molecule has 0 N–H and O–H groups in total. The van der Waals surface area contributed by atoms with Gasteiger partial charge in [0.05, 0.1) is 18.6 Å². The Balaban J connectivity index is 0.000000331. The molecule has 1 aromatic heterocycles. The van der Waals surface area contributed by atoms with Crippen LogP contribution < -0.4 is 4.57 Å². The Morgan fingerprint density at radius 2 is 1.79 bits per heavy atom. The van der Waals surface area contributed by atoms with E-state index in [1.54, 1.807) is 11.3 Å². The van der Waals surface area contributed by atoms with Gasteiger partial charge in [-0.15, -0.1) is 0 Å². The third-order valence-corrected chi connectivity index (χ3v) is 6.48. The second-order valence-corrected chi connectivity index (χ2v) is 10.2. The van der Waals surface area contributed by atoms with Gasteiger partial charge in [0.2, 0.25) is 0 Å². The molecule has 2 aliphatic heterocycles. The van der Waals surface area contributed by atoms with Crippen LogP contribution in [0.3, 0.4) is 0 Å². The van der Waals surface area contributed by atoms with Crippen LogP contribution in [0.15, 0.2) is 41.9 Å². The molecule has 1 aromatic carbocycles. The average Bonchev–Trinajstić information content (AvgIpc) is 3.35. The predicted octanol–water partition coefficient (Wildman–Crippen LogP) is 2.80. The Kier molecular flexibility index (Phi) is 7.83. The summed E-state index contributed by atoms with van der Waals surface area (Å²) in [6.45, 7) is 4.97. The van der Waals surface area contributed by atoms with Gasteiger partial charge in [0.1, 0.15) is 25.4 Å². The first kappa shape index (κ1) is 26.0. The number of halogens is 3. The first-order valence-electron chi connectivity index (χ1n) is 9.86. The Bertz CT molecular complexity index is 1030. The molecule has 2 fully saturated rings. The van der Waals surface area contributed by atoms with E-state index in [-0.39, 0.29) is 24.4 Å². The van der Waals surface area contributed by atoms with Crippen molar-refractivity contribution in [3.8, 4) is 0 Å². The van der Waals surface area contributed by atoms with Crippen LogP contribution in [-0.2, 0) is 42.7 Å². The van der Waals surface area contributed by atoms with E-state index >= 15 is 0 Å². The van der Waals surface area contributed by atoms with Gasteiger partial charge in [-0.2, -0.15) is 17.7 Å². The molecule has 2 saturated heterocycles. The lowest BCUT2D eigenvalue weighted by Crippen LogP contribution is -2.35. The third kappa shape index (κ3) is 6.50. The van der Waals surface area contributed by atoms with Crippen LogP contribution in [0.2, 0.25) is 0 Å². The molecule has 0 unspecified atom stereocenters. The summed E-state index contributed by atoms with van der Waals surface area (Å²) in [5.41, 5.74) is -4.49. The summed E-state index contributed by atoms with van der Waals surface area (Å²) in [6, 6.07) is 10.2. The Morgan fingerprint density at radius 1 is 1.18 bits per heavy atom. The quantitative estimate of drug-likeness (QED) is 0.346. The standard InChI is InChI=1S/C19H24NO4S.CHF3O3S/c1-19(2)23-15-14(12-21-11-13-7-5-4-6-8-13)22-17(16(15)24-19)18-20(3)9-10-25-18;2-1(3,4)8(5,6)7/h4-10,14-17H,11-12H2,1-3H3;(H,5,6,7)/q+1;/p-1/t14-,15-,16-,17-;/m1./s1. The molecular weight excluding hydrogens is 487 g/mol. The van der Waals surface area contributed by atoms with Gasteiger partial charge in [-0.3, -0.25) is 0 Å². The van der Waals surface area contributed by atoms with Crippen LogP contribution in [0.4, 0.5) is 13.2 Å². The third-order valence-electron chi connectivity index (χ3n) is 4.89. The van der Waals surface area contributed by atoms with E-state index < -0.39 is 21.4 Å². The Hall–Kier alpha value is -1.61. The van der Waals surface area contributed by atoms with Crippen molar-refractivity contribution >= 4 is 21.5 Å². The van der Waals surface area contributed by atoms with Crippen molar-refractivity contribution < 1.29 is 49.7 Å². The summed E-state index contributed by atoms with van der Waals surface area (Å²) in [7, 11) is -4.06. The van der Waals surface area contributed by atoms with E-state index in [9.17, 15) is 13.2 Å². The Morgan fingerprint density at radius 3 is 2.33 bits per heavy atom. The minimum absolute atomic E-state index is 0.106. The molecular formula is C20H24F3NO7S2. The second-order valence-electron chi connectivity index (χ2n) is 7.91. The average molecular weight is 512 g/mol. The molecule has 2 aromatic rings. The highest BCUT2D eigenvalue weighted by atomic mass is 32.2. The monoisotopic (exact) mass is 511 g/mol. The molecule has 0 bridgehead atoms. The maximum atomic E-state index is 10.7. The molecule has 0 radical (unpaired) electrons. The van der Waals surface area contributed by atoms with Crippen LogP contribution >= 0.6 is 11.3 Å². The number of rotatable bonds is 5. The van der Waals surface area contributed by atoms with Gasteiger partial charge in [0.25, 0.3) is 5.01 Å². The second kappa shape index (κ2) is 9.94. The lowest BCUT2D eigenvalue weighted by Gasteiger charge is -2.23. The highest BCUT2D eigenvalue weighted by Gasteiger charge is 2.57. The van der Waals surface area contributed by atoms with Crippen molar-refractivity contribution in [2.24, 2.45) is 7.05 Å². The van der Waals surface area contributed by atoms with Crippen LogP contribution in [-0.4, -0.2) is 49.2 Å². The molecule has 0 amide bonds. The molecule has 33 heavy (non-hydrogen) atoms. The number of ether oxygens (including phenoxy) is 4. The number of hydrogen-bond donors (Lipinski definition) is 0. The zero-order valence-electron chi connectivity index (χ0n) is 18.0. The Labute approximate surface area is 193 Å². The van der Waals surface area contributed by atoms with E-state index in [2.05, 4.69) is 22.1 Å². The number of alkyl halides is 3. The van der Waals surface area contributed by atoms with Crippen molar-refractivity contribution in [3.05, 3.63) is 52.5 Å². The minimum atomic E-state index is -6.09. The molecule has 0 aliphatic carbocycles. The van der Waals surface area contributed by atoms with E-state index in [0.717, 1.165) is 10.6 Å². The van der Waals surface area contributed by atoms with Crippen molar-refractivity contribution in [2.75, 3.05) is 6.61 Å². The number of nitrogens with zero attached hydrogens (tertiary/aromatic N) is 1. The van der Waals surface area contributed by atoms with Gasteiger partial charge in [-0.25, -0.2) is 8.42 Å². The van der Waals surface area contributed by atoms with E-state index in [1.807, 2.05) is 45.3 Å². The SMILES string of the molecule is C[n+]1ccsc1[C@@H]1O[C@H](COCc2ccccc2)[C@H]2OC(C)(C)O[C@H]21.O=S(=O)([O-])C(F)(F)F. The van der Waals surface area contributed by atoms with Crippen LogP contribution in [0.5, 0.6) is 0 Å². The summed E-state index contributed by atoms with van der Waals surface area (Å²) in [5.74, 6) is -0.592. The fourth-order valence-electron chi connectivity index (χ4n) is 3.50. The molecule has 8 nitrogen and oxygen atoms in total. The number of aryl methyl sites for hydroxylation is 1. The van der Waals surface area contributed by atoms with Crippen LogP contribution in [0, 0.1) is 0 Å². The molecule has 184 valence electrons. The molecule has 13 heteroatoms. The largest absolute Gasteiger partial charge is 0.741 e. The lowest BCUT2D eigenvalue weighted by atomic mass is 10.1. The normalized spacial score (nSPS) is 26.5. The van der Waals surface area contributed by atoms with Gasteiger partial charge in [0.15, 0.2) is 28.2 Å². The molecule has 0 saturated carbocycles. The fourth-order valence-corrected chi connectivity index (χ4v) is 4.43. The van der Waals surface area contributed by atoms with Gasteiger partial charge in [-0.05, 0) is 19.4 Å². The topological polar surface area (TPSA) is 98.0 Å².